The number of carbonyl (C=O) groups excluding carboxylic acids is 2. The minimum absolute atomic E-state index is 0.0851. The van der Waals surface area contributed by atoms with Gasteiger partial charge in [0.2, 0.25) is 5.91 Å². The van der Waals surface area contributed by atoms with Crippen LogP contribution in [0.5, 0.6) is 0 Å². The fourth-order valence-electron chi connectivity index (χ4n) is 5.43. The van der Waals surface area contributed by atoms with E-state index in [9.17, 15) is 9.59 Å². The highest BCUT2D eigenvalue weighted by Crippen LogP contribution is 2.54. The third kappa shape index (κ3) is 2.32. The highest BCUT2D eigenvalue weighted by atomic mass is 16.2. The van der Waals surface area contributed by atoms with Crippen molar-refractivity contribution < 1.29 is 9.59 Å². The van der Waals surface area contributed by atoms with E-state index in [1.807, 2.05) is 67.3 Å². The maximum absolute atomic E-state index is 14.0. The molecule has 8 nitrogen and oxygen atoms in total. The number of nitrogens with one attached hydrogen (secondary N) is 1. The van der Waals surface area contributed by atoms with Crippen LogP contribution in [0.25, 0.3) is 5.52 Å². The summed E-state index contributed by atoms with van der Waals surface area (Å²) < 4.78 is 3.62. The van der Waals surface area contributed by atoms with Crippen molar-refractivity contribution in [3.8, 4) is 0 Å². The number of rotatable bonds is 2. The van der Waals surface area contributed by atoms with E-state index in [0.29, 0.717) is 24.4 Å². The molecule has 0 bridgehead atoms. The number of para-hydroxylation sites is 1. The molecule has 6 rings (SSSR count). The lowest BCUT2D eigenvalue weighted by Crippen LogP contribution is -2.43. The SMILES string of the molecule is Cc1cccn2ncc(C(=O)N3CC[C@]4(C(=O)Nc5ccccc54)[C@@H]3c3nccn3C)c12. The Kier molecular flexibility index (Phi) is 3.83. The lowest BCUT2D eigenvalue weighted by Gasteiger charge is -2.33. The van der Waals surface area contributed by atoms with Crippen molar-refractivity contribution in [2.45, 2.75) is 24.8 Å². The molecule has 0 aliphatic carbocycles. The molecule has 4 aromatic rings. The second kappa shape index (κ2) is 6.53. The van der Waals surface area contributed by atoms with Gasteiger partial charge in [-0.15, -0.1) is 0 Å². The van der Waals surface area contributed by atoms with Crippen molar-refractivity contribution in [1.82, 2.24) is 24.1 Å². The van der Waals surface area contributed by atoms with Gasteiger partial charge in [-0.3, -0.25) is 9.59 Å². The van der Waals surface area contributed by atoms with Gasteiger partial charge in [0.25, 0.3) is 5.91 Å². The van der Waals surface area contributed by atoms with Crippen LogP contribution < -0.4 is 5.32 Å². The molecule has 1 saturated heterocycles. The van der Waals surface area contributed by atoms with Crippen LogP contribution in [0.1, 0.15) is 39.8 Å². The monoisotopic (exact) mass is 426 g/mol. The number of hydrogen-bond acceptors (Lipinski definition) is 4. The molecular formula is C24H22N6O2. The Morgan fingerprint density at radius 2 is 2.03 bits per heavy atom. The van der Waals surface area contributed by atoms with E-state index in [4.69, 9.17) is 0 Å². The van der Waals surface area contributed by atoms with Crippen LogP contribution in [0, 0.1) is 6.92 Å². The first-order valence-electron chi connectivity index (χ1n) is 10.6. The van der Waals surface area contributed by atoms with E-state index in [0.717, 1.165) is 22.3 Å². The average molecular weight is 426 g/mol. The summed E-state index contributed by atoms with van der Waals surface area (Å²) in [4.78, 5) is 33.8. The zero-order chi connectivity index (χ0) is 22.0. The third-order valence-electron chi connectivity index (χ3n) is 6.92. The van der Waals surface area contributed by atoms with Gasteiger partial charge in [-0.2, -0.15) is 5.10 Å². The van der Waals surface area contributed by atoms with Gasteiger partial charge in [-0.05, 0) is 36.6 Å². The number of pyridine rings is 1. The van der Waals surface area contributed by atoms with E-state index in [-0.39, 0.29) is 11.8 Å². The first kappa shape index (κ1) is 18.8. The maximum atomic E-state index is 14.0. The van der Waals surface area contributed by atoms with Crippen LogP contribution in [0.3, 0.4) is 0 Å². The maximum Gasteiger partial charge on any atom is 0.258 e. The normalized spacial score (nSPS) is 22.0. The highest BCUT2D eigenvalue weighted by Gasteiger charge is 2.60. The molecule has 3 aromatic heterocycles. The van der Waals surface area contributed by atoms with E-state index >= 15 is 0 Å². The lowest BCUT2D eigenvalue weighted by atomic mass is 9.74. The molecule has 1 spiro atoms. The number of imidazole rings is 1. The molecule has 8 heteroatoms. The van der Waals surface area contributed by atoms with Crippen LogP contribution in [0.4, 0.5) is 5.69 Å². The van der Waals surface area contributed by atoms with Crippen molar-refractivity contribution in [2.24, 2.45) is 7.05 Å². The zero-order valence-electron chi connectivity index (χ0n) is 17.8. The fourth-order valence-corrected chi connectivity index (χ4v) is 5.43. The molecule has 2 atom stereocenters. The Hall–Kier alpha value is -3.94. The van der Waals surface area contributed by atoms with Crippen molar-refractivity contribution in [3.63, 3.8) is 0 Å². The van der Waals surface area contributed by atoms with Crippen LogP contribution >= 0.6 is 0 Å². The minimum atomic E-state index is -0.886. The summed E-state index contributed by atoms with van der Waals surface area (Å²) in [6.45, 7) is 2.41. The predicted molar refractivity (Wildman–Crippen MR) is 118 cm³/mol. The van der Waals surface area contributed by atoms with Crippen LogP contribution in [-0.4, -0.2) is 42.4 Å². The van der Waals surface area contributed by atoms with Crippen LogP contribution in [0.2, 0.25) is 0 Å². The second-order valence-corrected chi connectivity index (χ2v) is 8.56. The van der Waals surface area contributed by atoms with Crippen molar-refractivity contribution >= 4 is 23.0 Å². The van der Waals surface area contributed by atoms with E-state index in [1.54, 1.807) is 21.8 Å². The number of fused-ring (bicyclic) bond motifs is 3. The first-order valence-corrected chi connectivity index (χ1v) is 10.6. The summed E-state index contributed by atoms with van der Waals surface area (Å²) in [7, 11) is 1.90. The number of nitrogens with zero attached hydrogens (tertiary/aromatic N) is 5. The van der Waals surface area contributed by atoms with Gasteiger partial charge in [-0.1, -0.05) is 24.3 Å². The molecule has 2 aliphatic heterocycles. The Balaban J connectivity index is 1.54. The summed E-state index contributed by atoms with van der Waals surface area (Å²) in [5.41, 5.74) is 3.13. The Bertz CT molecular complexity index is 1400. The highest BCUT2D eigenvalue weighted by molar-refractivity contribution is 6.09. The molecule has 5 heterocycles. The lowest BCUT2D eigenvalue weighted by molar-refractivity contribution is -0.121. The van der Waals surface area contributed by atoms with Crippen LogP contribution in [0.15, 0.2) is 61.2 Å². The quantitative estimate of drug-likeness (QED) is 0.534. The number of anilines is 1. The largest absolute Gasteiger partial charge is 0.336 e. The standard InChI is InChI=1S/C24H22N6O2/c1-15-6-5-11-30-19(15)16(14-26-30)22(31)29-12-9-24(20(29)21-25-10-13-28(21)2)17-7-3-4-8-18(17)27-23(24)32/h3-8,10-11,13-14,20H,9,12H2,1-2H3,(H,27,32)/t20-,24+/m0/s1. The van der Waals surface area contributed by atoms with Gasteiger partial charge in [0.15, 0.2) is 0 Å². The van der Waals surface area contributed by atoms with Crippen molar-refractivity contribution in [1.29, 1.82) is 0 Å². The van der Waals surface area contributed by atoms with E-state index < -0.39 is 11.5 Å². The number of hydrogen-bond donors (Lipinski definition) is 1. The molecule has 1 N–H and O–H groups in total. The number of amides is 2. The average Bonchev–Trinajstić information content (AvgIpc) is 3.54. The molecule has 160 valence electrons. The van der Waals surface area contributed by atoms with Crippen molar-refractivity contribution in [2.75, 3.05) is 11.9 Å². The molecule has 2 aliphatic rings. The number of aryl methyl sites for hydroxylation is 2. The summed E-state index contributed by atoms with van der Waals surface area (Å²) in [6.07, 6.45) is 7.54. The number of carbonyl (C=O) groups is 2. The third-order valence-corrected chi connectivity index (χ3v) is 6.92. The first-order chi connectivity index (χ1) is 15.5. The Morgan fingerprint density at radius 1 is 1.19 bits per heavy atom. The van der Waals surface area contributed by atoms with E-state index in [2.05, 4.69) is 15.4 Å². The molecule has 2 amide bonds. The number of aromatic nitrogens is 4. The predicted octanol–water partition coefficient (Wildman–Crippen LogP) is 2.85. The second-order valence-electron chi connectivity index (χ2n) is 8.56. The Labute approximate surface area is 184 Å². The van der Waals surface area contributed by atoms with Gasteiger partial charge >= 0.3 is 0 Å². The van der Waals surface area contributed by atoms with Gasteiger partial charge in [-0.25, -0.2) is 9.50 Å². The summed E-state index contributed by atoms with van der Waals surface area (Å²) in [5, 5.41) is 7.43. The summed E-state index contributed by atoms with van der Waals surface area (Å²) in [5.74, 6) is 0.463. The Morgan fingerprint density at radius 3 is 2.84 bits per heavy atom. The van der Waals surface area contributed by atoms with Gasteiger partial charge in [0.05, 0.1) is 17.3 Å². The summed E-state index contributed by atoms with van der Waals surface area (Å²) in [6, 6.07) is 11.1. The van der Waals surface area contributed by atoms with Crippen LogP contribution in [-0.2, 0) is 17.3 Å². The smallest absolute Gasteiger partial charge is 0.258 e. The van der Waals surface area contributed by atoms with Crippen molar-refractivity contribution in [3.05, 3.63) is 83.7 Å². The summed E-state index contributed by atoms with van der Waals surface area (Å²) >= 11 is 0. The molecule has 0 radical (unpaired) electrons. The molecular weight excluding hydrogens is 404 g/mol. The molecule has 0 unspecified atom stereocenters. The number of benzene rings is 1. The van der Waals surface area contributed by atoms with E-state index in [1.165, 1.54) is 0 Å². The van der Waals surface area contributed by atoms with Gasteiger partial charge < -0.3 is 14.8 Å². The van der Waals surface area contributed by atoms with Gasteiger partial charge in [0, 0.05) is 37.9 Å². The molecule has 0 saturated carbocycles. The topological polar surface area (TPSA) is 84.5 Å². The molecule has 32 heavy (non-hydrogen) atoms. The number of likely N-dealkylation sites (tertiary alicyclic amines) is 1. The van der Waals surface area contributed by atoms with Gasteiger partial charge in [0.1, 0.15) is 17.3 Å². The molecule has 1 aromatic carbocycles. The fraction of sp³-hybridized carbons (Fsp3) is 0.250. The zero-order valence-corrected chi connectivity index (χ0v) is 17.8. The molecule has 1 fully saturated rings. The minimum Gasteiger partial charge on any atom is -0.336 e.